The maximum absolute atomic E-state index is 12.6. The number of hydrogen-bond acceptors (Lipinski definition) is 3. The van der Waals surface area contributed by atoms with Crippen LogP contribution in [0.2, 0.25) is 0 Å². The Labute approximate surface area is 188 Å². The number of halogens is 1. The van der Waals surface area contributed by atoms with Crippen molar-refractivity contribution in [2.24, 2.45) is 0 Å². The fourth-order valence-corrected chi connectivity index (χ4v) is 4.09. The average molecular weight is 478 g/mol. The molecule has 3 aromatic carbocycles. The van der Waals surface area contributed by atoms with E-state index >= 15 is 0 Å². The highest BCUT2D eigenvalue weighted by molar-refractivity contribution is 9.10. The molecule has 30 heavy (non-hydrogen) atoms. The lowest BCUT2D eigenvalue weighted by Gasteiger charge is -2.10. The largest absolute Gasteiger partial charge is 0.332 e. The summed E-state index contributed by atoms with van der Waals surface area (Å²) in [5, 5.41) is 3.35. The summed E-state index contributed by atoms with van der Waals surface area (Å²) >= 11 is 4.81. The van der Waals surface area contributed by atoms with Gasteiger partial charge in [-0.15, -0.1) is 0 Å². The molecule has 2 N–H and O–H groups in total. The first-order valence-electron chi connectivity index (χ1n) is 9.54. The second kappa shape index (κ2) is 9.32. The second-order valence-corrected chi connectivity index (χ2v) is 9.00. The zero-order valence-corrected chi connectivity index (χ0v) is 18.7. The van der Waals surface area contributed by atoms with Crippen LogP contribution in [0.4, 0.5) is 5.69 Å². The lowest BCUT2D eigenvalue weighted by atomic mass is 10.1. The molecule has 0 bridgehead atoms. The van der Waals surface area contributed by atoms with E-state index in [0.29, 0.717) is 5.16 Å². The predicted octanol–water partition coefficient (Wildman–Crippen LogP) is 6.63. The number of amides is 1. The molecule has 1 unspecified atom stereocenters. The summed E-state index contributed by atoms with van der Waals surface area (Å²) in [4.78, 5) is 20.9. The van der Waals surface area contributed by atoms with E-state index in [1.54, 1.807) is 0 Å². The first-order chi connectivity index (χ1) is 14.6. The molecule has 150 valence electrons. The SMILES string of the molecule is CC(Sc1nc(-c2ccccc2)c(-c2ccccc2)[nH]1)C(=O)Nc1ccc(Br)cc1. The van der Waals surface area contributed by atoms with E-state index in [-0.39, 0.29) is 11.2 Å². The number of imidazole rings is 1. The van der Waals surface area contributed by atoms with E-state index in [9.17, 15) is 4.79 Å². The third-order valence-electron chi connectivity index (χ3n) is 4.56. The molecule has 0 saturated heterocycles. The molecule has 0 spiro atoms. The van der Waals surface area contributed by atoms with Gasteiger partial charge in [-0.1, -0.05) is 88.4 Å². The zero-order chi connectivity index (χ0) is 20.9. The normalized spacial score (nSPS) is 11.8. The lowest BCUT2D eigenvalue weighted by Crippen LogP contribution is -2.22. The van der Waals surface area contributed by atoms with Crippen molar-refractivity contribution >= 4 is 39.3 Å². The maximum atomic E-state index is 12.6. The van der Waals surface area contributed by atoms with Crippen LogP contribution in [0.3, 0.4) is 0 Å². The van der Waals surface area contributed by atoms with Crippen molar-refractivity contribution < 1.29 is 4.79 Å². The monoisotopic (exact) mass is 477 g/mol. The molecule has 6 heteroatoms. The number of nitrogens with zero attached hydrogens (tertiary/aromatic N) is 1. The van der Waals surface area contributed by atoms with Crippen LogP contribution < -0.4 is 5.32 Å². The molecule has 4 rings (SSSR count). The number of aromatic amines is 1. The highest BCUT2D eigenvalue weighted by Gasteiger charge is 2.20. The molecule has 1 amide bonds. The van der Waals surface area contributed by atoms with Crippen LogP contribution in [0.25, 0.3) is 22.5 Å². The van der Waals surface area contributed by atoms with E-state index in [2.05, 4.69) is 38.4 Å². The number of benzene rings is 3. The van der Waals surface area contributed by atoms with E-state index in [0.717, 1.165) is 32.7 Å². The Morgan fingerprint density at radius 3 is 2.17 bits per heavy atom. The summed E-state index contributed by atoms with van der Waals surface area (Å²) < 4.78 is 0.973. The lowest BCUT2D eigenvalue weighted by molar-refractivity contribution is -0.115. The predicted molar refractivity (Wildman–Crippen MR) is 128 cm³/mol. The smallest absolute Gasteiger partial charge is 0.237 e. The molecule has 0 saturated carbocycles. The Hall–Kier alpha value is -2.83. The standard InChI is InChI=1S/C24H20BrN3OS/c1-16(23(29)26-20-14-12-19(25)13-15-20)30-24-27-21(17-8-4-2-5-9-17)22(28-24)18-10-6-3-7-11-18/h2-16H,1H3,(H,26,29)(H,27,28). The summed E-state index contributed by atoms with van der Waals surface area (Å²) in [6.07, 6.45) is 0. The van der Waals surface area contributed by atoms with Gasteiger partial charge in [0.05, 0.1) is 16.6 Å². The van der Waals surface area contributed by atoms with Gasteiger partial charge >= 0.3 is 0 Å². The molecule has 0 fully saturated rings. The minimum absolute atomic E-state index is 0.0683. The van der Waals surface area contributed by atoms with Gasteiger partial charge in [0, 0.05) is 21.3 Å². The van der Waals surface area contributed by atoms with E-state index in [4.69, 9.17) is 4.98 Å². The van der Waals surface area contributed by atoms with Crippen molar-refractivity contribution in [3.63, 3.8) is 0 Å². The van der Waals surface area contributed by atoms with Crippen LogP contribution in [0.15, 0.2) is 94.6 Å². The minimum Gasteiger partial charge on any atom is -0.332 e. The van der Waals surface area contributed by atoms with Gasteiger partial charge in [-0.25, -0.2) is 4.98 Å². The number of rotatable bonds is 6. The maximum Gasteiger partial charge on any atom is 0.237 e. The Morgan fingerprint density at radius 2 is 1.53 bits per heavy atom. The molecule has 0 aliphatic rings. The second-order valence-electron chi connectivity index (χ2n) is 6.75. The van der Waals surface area contributed by atoms with Crippen LogP contribution in [0, 0.1) is 0 Å². The fourth-order valence-electron chi connectivity index (χ4n) is 3.02. The van der Waals surface area contributed by atoms with Gasteiger partial charge in [0.2, 0.25) is 5.91 Å². The quantitative estimate of drug-likeness (QED) is 0.306. The average Bonchev–Trinajstić information content (AvgIpc) is 3.20. The molecule has 0 radical (unpaired) electrons. The Balaban J connectivity index is 1.57. The van der Waals surface area contributed by atoms with Crippen molar-refractivity contribution in [2.45, 2.75) is 17.3 Å². The topological polar surface area (TPSA) is 57.8 Å². The molecule has 1 atom stereocenters. The third-order valence-corrected chi connectivity index (χ3v) is 6.07. The first kappa shape index (κ1) is 20.4. The van der Waals surface area contributed by atoms with Crippen molar-refractivity contribution in [1.29, 1.82) is 0 Å². The number of carbonyl (C=O) groups excluding carboxylic acids is 1. The molecular weight excluding hydrogens is 458 g/mol. The molecule has 4 nitrogen and oxygen atoms in total. The first-order valence-corrected chi connectivity index (χ1v) is 11.2. The van der Waals surface area contributed by atoms with Gasteiger partial charge in [0.1, 0.15) is 0 Å². The zero-order valence-electron chi connectivity index (χ0n) is 16.3. The van der Waals surface area contributed by atoms with Crippen LogP contribution >= 0.6 is 27.7 Å². The fraction of sp³-hybridized carbons (Fsp3) is 0.0833. The number of carbonyl (C=O) groups is 1. The summed E-state index contributed by atoms with van der Waals surface area (Å²) in [6.45, 7) is 1.88. The molecule has 0 aliphatic carbocycles. The van der Waals surface area contributed by atoms with Gasteiger partial charge < -0.3 is 10.3 Å². The van der Waals surface area contributed by atoms with Gasteiger partial charge in [0.25, 0.3) is 0 Å². The van der Waals surface area contributed by atoms with Crippen LogP contribution in [0.5, 0.6) is 0 Å². The molecule has 1 heterocycles. The molecule has 4 aromatic rings. The summed E-state index contributed by atoms with van der Waals surface area (Å²) in [6, 6.07) is 27.7. The Morgan fingerprint density at radius 1 is 0.933 bits per heavy atom. The number of H-pyrrole nitrogens is 1. The molecular formula is C24H20BrN3OS. The number of hydrogen-bond donors (Lipinski definition) is 2. The van der Waals surface area contributed by atoms with Crippen molar-refractivity contribution in [2.75, 3.05) is 5.32 Å². The van der Waals surface area contributed by atoms with E-state index in [1.807, 2.05) is 79.7 Å². The van der Waals surface area contributed by atoms with Crippen molar-refractivity contribution in [1.82, 2.24) is 9.97 Å². The van der Waals surface area contributed by atoms with Crippen molar-refractivity contribution in [3.8, 4) is 22.5 Å². The van der Waals surface area contributed by atoms with E-state index in [1.165, 1.54) is 11.8 Å². The third kappa shape index (κ3) is 4.83. The number of thioether (sulfide) groups is 1. The highest BCUT2D eigenvalue weighted by atomic mass is 79.9. The molecule has 1 aromatic heterocycles. The summed E-state index contributed by atoms with van der Waals surface area (Å²) in [5.41, 5.74) is 4.69. The van der Waals surface area contributed by atoms with Crippen LogP contribution in [0.1, 0.15) is 6.92 Å². The highest BCUT2D eigenvalue weighted by Crippen LogP contribution is 2.33. The van der Waals surface area contributed by atoms with Gasteiger partial charge in [0.15, 0.2) is 5.16 Å². The summed E-state index contributed by atoms with van der Waals surface area (Å²) in [7, 11) is 0. The minimum atomic E-state index is -0.313. The van der Waals surface area contributed by atoms with Crippen LogP contribution in [-0.2, 0) is 4.79 Å². The Bertz CT molecular complexity index is 1070. The van der Waals surface area contributed by atoms with Gasteiger partial charge in [-0.05, 0) is 31.2 Å². The van der Waals surface area contributed by atoms with Crippen LogP contribution in [-0.4, -0.2) is 21.1 Å². The number of nitrogens with one attached hydrogen (secondary N) is 2. The van der Waals surface area contributed by atoms with Gasteiger partial charge in [-0.3, -0.25) is 4.79 Å². The van der Waals surface area contributed by atoms with Gasteiger partial charge in [-0.2, -0.15) is 0 Å². The number of anilines is 1. The Kier molecular flexibility index (Phi) is 6.35. The van der Waals surface area contributed by atoms with E-state index < -0.39 is 0 Å². The van der Waals surface area contributed by atoms with Crippen molar-refractivity contribution in [3.05, 3.63) is 89.4 Å². The molecule has 0 aliphatic heterocycles. The summed E-state index contributed by atoms with van der Waals surface area (Å²) in [5.74, 6) is -0.0683. The number of aromatic nitrogens is 2.